The summed E-state index contributed by atoms with van der Waals surface area (Å²) in [6.45, 7) is 1.72. The van der Waals surface area contributed by atoms with E-state index in [2.05, 4.69) is 0 Å². The molecule has 0 fully saturated rings. The van der Waals surface area contributed by atoms with Crippen molar-refractivity contribution < 1.29 is 14.8 Å². The van der Waals surface area contributed by atoms with Gasteiger partial charge in [0, 0.05) is 12.5 Å². The Balaban J connectivity index is 2.22. The number of quaternary nitrogens is 1. The van der Waals surface area contributed by atoms with Crippen LogP contribution < -0.4 is 10.0 Å². The molecule has 1 amide bonds. The van der Waals surface area contributed by atoms with Crippen LogP contribution in [0.4, 0.5) is 5.69 Å². The number of carbonyl (C=O) groups is 1. The van der Waals surface area contributed by atoms with E-state index in [9.17, 15) is 9.90 Å². The van der Waals surface area contributed by atoms with Gasteiger partial charge in [-0.3, -0.25) is 0 Å². The zero-order valence-corrected chi connectivity index (χ0v) is 12.7. The molecular formula is C17H18ClNO2. The molecule has 0 radical (unpaired) electrons. The molecule has 110 valence electrons. The first-order valence-corrected chi connectivity index (χ1v) is 7.27. The second-order valence-corrected chi connectivity index (χ2v) is 5.42. The molecule has 0 spiro atoms. The van der Waals surface area contributed by atoms with Gasteiger partial charge in [-0.15, -0.1) is 0 Å². The smallest absolute Gasteiger partial charge is 0.300 e. The minimum Gasteiger partial charge on any atom is -0.845 e. The average Bonchev–Trinajstić information content (AvgIpc) is 2.51. The maximum absolute atomic E-state index is 12.0. The van der Waals surface area contributed by atoms with Gasteiger partial charge in [0.2, 0.25) is 0 Å². The molecule has 4 heteroatoms. The highest BCUT2D eigenvalue weighted by atomic mass is 35.5. The van der Waals surface area contributed by atoms with Crippen molar-refractivity contribution in [1.82, 2.24) is 0 Å². The Morgan fingerprint density at radius 3 is 2.57 bits per heavy atom. The maximum atomic E-state index is 12.0. The van der Waals surface area contributed by atoms with E-state index in [-0.39, 0.29) is 5.91 Å². The number of hydrogen-bond donors (Lipinski definition) is 1. The molecule has 3 nitrogen and oxygen atoms in total. The van der Waals surface area contributed by atoms with E-state index in [0.717, 1.165) is 11.1 Å². The number of halogens is 1. The quantitative estimate of drug-likeness (QED) is 0.905. The van der Waals surface area contributed by atoms with Crippen molar-refractivity contribution in [2.24, 2.45) is 0 Å². The molecule has 1 N–H and O–H groups in total. The third kappa shape index (κ3) is 4.14. The molecule has 0 aliphatic carbocycles. The van der Waals surface area contributed by atoms with Crippen LogP contribution in [-0.4, -0.2) is 19.1 Å². The molecule has 0 aromatic heterocycles. The number of rotatable bonds is 5. The molecule has 0 aliphatic rings. The summed E-state index contributed by atoms with van der Waals surface area (Å²) in [5, 5.41) is 11.6. The van der Waals surface area contributed by atoms with Crippen molar-refractivity contribution in [2.45, 2.75) is 13.3 Å². The lowest BCUT2D eigenvalue weighted by Gasteiger charge is -2.19. The predicted octanol–water partition coefficient (Wildman–Crippen LogP) is 1.29. The first kappa shape index (κ1) is 15.7. The van der Waals surface area contributed by atoms with Crippen molar-refractivity contribution in [2.75, 3.05) is 13.2 Å². The lowest BCUT2D eigenvalue weighted by atomic mass is 10.1. The Morgan fingerprint density at radius 1 is 1.19 bits per heavy atom. The molecule has 2 rings (SSSR count). The second kappa shape index (κ2) is 7.36. The molecule has 0 saturated carbocycles. The molecule has 21 heavy (non-hydrogen) atoms. The highest BCUT2D eigenvalue weighted by molar-refractivity contribution is 6.32. The van der Waals surface area contributed by atoms with Gasteiger partial charge in [0.15, 0.2) is 5.69 Å². The van der Waals surface area contributed by atoms with Crippen molar-refractivity contribution in [3.8, 4) is 0 Å². The summed E-state index contributed by atoms with van der Waals surface area (Å²) < 4.78 is 0. The van der Waals surface area contributed by atoms with Crippen LogP contribution in [0.25, 0.3) is 0 Å². The molecule has 1 unspecified atom stereocenters. The van der Waals surface area contributed by atoms with Gasteiger partial charge in [0.05, 0.1) is 6.54 Å². The lowest BCUT2D eigenvalue weighted by Crippen LogP contribution is -3.11. The third-order valence-electron chi connectivity index (χ3n) is 3.42. The van der Waals surface area contributed by atoms with Crippen molar-refractivity contribution >= 4 is 23.2 Å². The summed E-state index contributed by atoms with van der Waals surface area (Å²) in [6.07, 6.45) is 0.714. The first-order chi connectivity index (χ1) is 10.1. The first-order valence-electron chi connectivity index (χ1n) is 6.89. The van der Waals surface area contributed by atoms with Gasteiger partial charge < -0.3 is 5.11 Å². The third-order valence-corrected chi connectivity index (χ3v) is 3.75. The number of aryl methyl sites for hydroxylation is 1. The van der Waals surface area contributed by atoms with Crippen LogP contribution in [0.2, 0.25) is 5.02 Å². The Labute approximate surface area is 129 Å². The van der Waals surface area contributed by atoms with Crippen LogP contribution >= 0.6 is 11.6 Å². The van der Waals surface area contributed by atoms with Crippen LogP contribution in [0.3, 0.4) is 0 Å². The molecule has 0 aliphatic heterocycles. The van der Waals surface area contributed by atoms with Gasteiger partial charge in [-0.1, -0.05) is 48.0 Å². The maximum Gasteiger partial charge on any atom is 0.300 e. The average molecular weight is 304 g/mol. The van der Waals surface area contributed by atoms with Gasteiger partial charge in [-0.05, 0) is 30.7 Å². The largest absolute Gasteiger partial charge is 0.845 e. The molecule has 0 bridgehead atoms. The Bertz CT molecular complexity index is 613. The molecule has 0 heterocycles. The SMILES string of the molecule is Cc1ccc(Cl)c([NH+](CCc2ccccc2)C(=O)C[O-])c1. The van der Waals surface area contributed by atoms with Gasteiger partial charge in [-0.2, -0.15) is 0 Å². The number of benzene rings is 2. The Kier molecular flexibility index (Phi) is 5.51. The zero-order chi connectivity index (χ0) is 15.2. The van der Waals surface area contributed by atoms with E-state index >= 15 is 0 Å². The van der Waals surface area contributed by atoms with E-state index in [1.165, 1.54) is 0 Å². The topological polar surface area (TPSA) is 44.6 Å². The van der Waals surface area contributed by atoms with E-state index in [4.69, 9.17) is 11.6 Å². The molecule has 2 aromatic carbocycles. The number of hydrogen-bond acceptors (Lipinski definition) is 2. The van der Waals surface area contributed by atoms with Crippen molar-refractivity contribution in [3.63, 3.8) is 0 Å². The van der Waals surface area contributed by atoms with Crippen LogP contribution in [0.1, 0.15) is 11.1 Å². The zero-order valence-electron chi connectivity index (χ0n) is 11.9. The summed E-state index contributed by atoms with van der Waals surface area (Å²) >= 11 is 6.20. The number of nitrogens with one attached hydrogen (secondary N) is 1. The number of amides is 1. The number of carbonyl (C=O) groups excluding carboxylic acids is 1. The van der Waals surface area contributed by atoms with Crippen LogP contribution in [-0.2, 0) is 11.2 Å². The summed E-state index contributed by atoms with van der Waals surface area (Å²) in [5.74, 6) is -0.376. The van der Waals surface area contributed by atoms with Crippen LogP contribution in [0, 0.1) is 6.92 Å². The summed E-state index contributed by atoms with van der Waals surface area (Å²) in [6, 6.07) is 15.4. The van der Waals surface area contributed by atoms with Gasteiger partial charge >= 0.3 is 5.91 Å². The fourth-order valence-electron chi connectivity index (χ4n) is 2.30. The van der Waals surface area contributed by atoms with Crippen LogP contribution in [0.15, 0.2) is 48.5 Å². The minimum absolute atomic E-state index is 0.376. The van der Waals surface area contributed by atoms with Crippen LogP contribution in [0.5, 0.6) is 0 Å². The Morgan fingerprint density at radius 2 is 1.90 bits per heavy atom. The van der Waals surface area contributed by atoms with E-state index in [0.29, 0.717) is 28.6 Å². The summed E-state index contributed by atoms with van der Waals surface area (Å²) in [7, 11) is 0. The standard InChI is InChI=1S/C17H17ClNO2/c1-13-7-8-15(18)16(11-13)19(17(21)12-20)10-9-14-5-3-2-4-6-14/h2-8,11H,9-10,12H2,1H3/q-1/p+1. The predicted molar refractivity (Wildman–Crippen MR) is 81.7 cm³/mol. The highest BCUT2D eigenvalue weighted by Crippen LogP contribution is 2.19. The fourth-order valence-corrected chi connectivity index (χ4v) is 2.53. The minimum atomic E-state index is -0.742. The molecular weight excluding hydrogens is 286 g/mol. The van der Waals surface area contributed by atoms with Gasteiger partial charge in [0.25, 0.3) is 0 Å². The lowest BCUT2D eigenvalue weighted by molar-refractivity contribution is -0.753. The van der Waals surface area contributed by atoms with E-state index in [1.54, 1.807) is 6.07 Å². The molecule has 2 aromatic rings. The highest BCUT2D eigenvalue weighted by Gasteiger charge is 2.21. The Hall–Kier alpha value is -1.68. The van der Waals surface area contributed by atoms with Crippen molar-refractivity contribution in [3.05, 3.63) is 64.7 Å². The molecule has 1 atom stereocenters. The van der Waals surface area contributed by atoms with Crippen molar-refractivity contribution in [1.29, 1.82) is 0 Å². The van der Waals surface area contributed by atoms with E-state index in [1.807, 2.05) is 49.4 Å². The monoisotopic (exact) mass is 303 g/mol. The normalized spacial score (nSPS) is 12.1. The van der Waals surface area contributed by atoms with Gasteiger partial charge in [-0.25, -0.2) is 9.69 Å². The molecule has 0 saturated heterocycles. The summed E-state index contributed by atoms with van der Waals surface area (Å²) in [4.78, 5) is 12.5. The van der Waals surface area contributed by atoms with E-state index < -0.39 is 6.61 Å². The summed E-state index contributed by atoms with van der Waals surface area (Å²) in [5.41, 5.74) is 2.84. The second-order valence-electron chi connectivity index (χ2n) is 5.01. The fraction of sp³-hybridized carbons (Fsp3) is 0.235. The van der Waals surface area contributed by atoms with Gasteiger partial charge in [0.1, 0.15) is 5.02 Å².